The number of hydrogen-bond acceptors (Lipinski definition) is 1. The van der Waals surface area contributed by atoms with E-state index in [0.717, 1.165) is 12.8 Å². The van der Waals surface area contributed by atoms with Crippen molar-refractivity contribution >= 4 is 0 Å². The molecular weight excluding hydrogens is 112 g/mol. The van der Waals surface area contributed by atoms with Crippen LogP contribution in [0.2, 0.25) is 0 Å². The highest BCUT2D eigenvalue weighted by Crippen LogP contribution is 2.49. The van der Waals surface area contributed by atoms with Crippen LogP contribution in [-0.2, 0) is 0 Å². The lowest BCUT2D eigenvalue weighted by Crippen LogP contribution is -2.17. The van der Waals surface area contributed by atoms with Gasteiger partial charge in [-0.3, -0.25) is 0 Å². The lowest BCUT2D eigenvalue weighted by atomic mass is 9.98. The largest absolute Gasteiger partial charge is 0.393 e. The van der Waals surface area contributed by atoms with Crippen LogP contribution in [0.4, 0.5) is 0 Å². The van der Waals surface area contributed by atoms with Gasteiger partial charge in [-0.05, 0) is 24.7 Å². The molecule has 1 fully saturated rings. The molecular formula is C8H16O. The summed E-state index contributed by atoms with van der Waals surface area (Å²) in [7, 11) is 0. The second kappa shape index (κ2) is 2.30. The molecule has 0 aromatic rings. The normalized spacial score (nSPS) is 25.7. The summed E-state index contributed by atoms with van der Waals surface area (Å²) in [5, 5.41) is 9.45. The van der Waals surface area contributed by atoms with Crippen LogP contribution in [0.1, 0.15) is 39.5 Å². The summed E-state index contributed by atoms with van der Waals surface area (Å²) >= 11 is 0. The number of hydrogen-bond donors (Lipinski definition) is 1. The minimum Gasteiger partial charge on any atom is -0.393 e. The van der Waals surface area contributed by atoms with Gasteiger partial charge in [0.2, 0.25) is 0 Å². The van der Waals surface area contributed by atoms with E-state index in [1.165, 1.54) is 12.8 Å². The molecule has 0 heterocycles. The Balaban J connectivity index is 2.24. The van der Waals surface area contributed by atoms with E-state index >= 15 is 0 Å². The van der Waals surface area contributed by atoms with Crippen molar-refractivity contribution in [3.63, 3.8) is 0 Å². The van der Waals surface area contributed by atoms with Crippen molar-refractivity contribution in [1.29, 1.82) is 0 Å². The van der Waals surface area contributed by atoms with Gasteiger partial charge >= 0.3 is 0 Å². The molecule has 0 aliphatic heterocycles. The van der Waals surface area contributed by atoms with Gasteiger partial charge in [0.1, 0.15) is 0 Å². The first-order valence-corrected chi connectivity index (χ1v) is 3.87. The predicted octanol–water partition coefficient (Wildman–Crippen LogP) is 1.95. The highest BCUT2D eigenvalue weighted by molar-refractivity contribution is 4.94. The fourth-order valence-electron chi connectivity index (χ4n) is 1.15. The van der Waals surface area contributed by atoms with Crippen LogP contribution < -0.4 is 0 Å². The predicted molar refractivity (Wildman–Crippen MR) is 38.3 cm³/mol. The molecule has 1 N–H and O–H groups in total. The quantitative estimate of drug-likeness (QED) is 0.616. The second-order valence-electron chi connectivity index (χ2n) is 3.46. The Labute approximate surface area is 57.1 Å². The molecule has 1 heteroatoms. The van der Waals surface area contributed by atoms with E-state index in [1.807, 2.05) is 0 Å². The molecule has 0 aromatic carbocycles. The van der Waals surface area contributed by atoms with Gasteiger partial charge in [-0.25, -0.2) is 0 Å². The Bertz CT molecular complexity index is 94.7. The van der Waals surface area contributed by atoms with Crippen LogP contribution in [0, 0.1) is 5.41 Å². The second-order valence-corrected chi connectivity index (χ2v) is 3.46. The zero-order chi connectivity index (χ0) is 6.91. The Morgan fingerprint density at radius 1 is 1.56 bits per heavy atom. The highest BCUT2D eigenvalue weighted by Gasteiger charge is 2.43. The monoisotopic (exact) mass is 128 g/mol. The molecule has 1 unspecified atom stereocenters. The van der Waals surface area contributed by atoms with Gasteiger partial charge in [0, 0.05) is 0 Å². The van der Waals surface area contributed by atoms with Crippen molar-refractivity contribution in [1.82, 2.24) is 0 Å². The fraction of sp³-hybridized carbons (Fsp3) is 1.00. The number of rotatable bonds is 3. The molecule has 1 saturated carbocycles. The molecule has 0 spiro atoms. The summed E-state index contributed by atoms with van der Waals surface area (Å²) in [4.78, 5) is 0. The molecule has 0 radical (unpaired) electrons. The van der Waals surface area contributed by atoms with E-state index in [0.29, 0.717) is 5.41 Å². The lowest BCUT2D eigenvalue weighted by molar-refractivity contribution is 0.0935. The van der Waals surface area contributed by atoms with E-state index in [2.05, 4.69) is 13.8 Å². The molecule has 9 heavy (non-hydrogen) atoms. The average molecular weight is 128 g/mol. The standard InChI is InChI=1S/C8H16O/c1-3-4-7(9)8(2)5-6-8/h7,9H,3-6H2,1-2H3. The zero-order valence-electron chi connectivity index (χ0n) is 6.35. The van der Waals surface area contributed by atoms with E-state index in [4.69, 9.17) is 0 Å². The SMILES string of the molecule is CCCC(O)C1(C)CC1. The lowest BCUT2D eigenvalue weighted by Gasteiger charge is -2.15. The molecule has 0 amide bonds. The molecule has 1 aliphatic rings. The number of aliphatic hydroxyl groups is 1. The van der Waals surface area contributed by atoms with Crippen molar-refractivity contribution < 1.29 is 5.11 Å². The van der Waals surface area contributed by atoms with E-state index < -0.39 is 0 Å². The van der Waals surface area contributed by atoms with Crippen LogP contribution in [0.5, 0.6) is 0 Å². The van der Waals surface area contributed by atoms with E-state index in [9.17, 15) is 5.11 Å². The van der Waals surface area contributed by atoms with Crippen molar-refractivity contribution in [3.8, 4) is 0 Å². The van der Waals surface area contributed by atoms with E-state index in [1.54, 1.807) is 0 Å². The summed E-state index contributed by atoms with van der Waals surface area (Å²) in [5.41, 5.74) is 0.315. The molecule has 0 saturated heterocycles. The van der Waals surface area contributed by atoms with Gasteiger partial charge < -0.3 is 5.11 Å². The first-order chi connectivity index (χ1) is 4.19. The minimum atomic E-state index is -0.0255. The Kier molecular flexibility index (Phi) is 1.80. The van der Waals surface area contributed by atoms with Gasteiger partial charge in [-0.1, -0.05) is 20.3 Å². The topological polar surface area (TPSA) is 20.2 Å². The van der Waals surface area contributed by atoms with Crippen LogP contribution in [0.3, 0.4) is 0 Å². The summed E-state index contributed by atoms with van der Waals surface area (Å²) < 4.78 is 0. The molecule has 54 valence electrons. The molecule has 0 aromatic heterocycles. The maximum atomic E-state index is 9.45. The van der Waals surface area contributed by atoms with Crippen molar-refractivity contribution in [2.24, 2.45) is 5.41 Å². The first-order valence-electron chi connectivity index (χ1n) is 3.87. The smallest absolute Gasteiger partial charge is 0.0593 e. The van der Waals surface area contributed by atoms with Gasteiger partial charge in [0.05, 0.1) is 6.10 Å². The third-order valence-electron chi connectivity index (χ3n) is 2.41. The van der Waals surface area contributed by atoms with Gasteiger partial charge in [0.15, 0.2) is 0 Å². The zero-order valence-corrected chi connectivity index (χ0v) is 6.35. The molecule has 0 bridgehead atoms. The maximum absolute atomic E-state index is 9.45. The molecule has 1 aliphatic carbocycles. The minimum absolute atomic E-state index is 0.0255. The summed E-state index contributed by atoms with van der Waals surface area (Å²) in [6, 6.07) is 0. The van der Waals surface area contributed by atoms with Crippen LogP contribution in [0.25, 0.3) is 0 Å². The molecule has 1 nitrogen and oxygen atoms in total. The molecule has 1 atom stereocenters. The third-order valence-corrected chi connectivity index (χ3v) is 2.41. The van der Waals surface area contributed by atoms with Crippen molar-refractivity contribution in [3.05, 3.63) is 0 Å². The Morgan fingerprint density at radius 2 is 2.11 bits per heavy atom. The van der Waals surface area contributed by atoms with Crippen LogP contribution >= 0.6 is 0 Å². The summed E-state index contributed by atoms with van der Waals surface area (Å²) in [6.45, 7) is 4.29. The Morgan fingerprint density at radius 3 is 2.44 bits per heavy atom. The van der Waals surface area contributed by atoms with Crippen molar-refractivity contribution in [2.75, 3.05) is 0 Å². The van der Waals surface area contributed by atoms with E-state index in [-0.39, 0.29) is 6.10 Å². The average Bonchev–Trinajstić information content (AvgIpc) is 2.50. The highest BCUT2D eigenvalue weighted by atomic mass is 16.3. The summed E-state index contributed by atoms with van der Waals surface area (Å²) in [5.74, 6) is 0. The van der Waals surface area contributed by atoms with Gasteiger partial charge in [0.25, 0.3) is 0 Å². The first kappa shape index (κ1) is 7.07. The van der Waals surface area contributed by atoms with Crippen molar-refractivity contribution in [2.45, 2.75) is 45.6 Å². The third kappa shape index (κ3) is 1.45. The Hall–Kier alpha value is -0.0400. The van der Waals surface area contributed by atoms with Crippen LogP contribution in [-0.4, -0.2) is 11.2 Å². The van der Waals surface area contributed by atoms with Gasteiger partial charge in [-0.2, -0.15) is 0 Å². The summed E-state index contributed by atoms with van der Waals surface area (Å²) in [6.07, 6.45) is 4.53. The van der Waals surface area contributed by atoms with Crippen LogP contribution in [0.15, 0.2) is 0 Å². The number of aliphatic hydroxyl groups excluding tert-OH is 1. The fourth-order valence-corrected chi connectivity index (χ4v) is 1.15. The molecule has 1 rings (SSSR count). The maximum Gasteiger partial charge on any atom is 0.0593 e. The van der Waals surface area contributed by atoms with Gasteiger partial charge in [-0.15, -0.1) is 0 Å².